The number of benzene rings is 2. The van der Waals surface area contributed by atoms with E-state index in [1.165, 1.54) is 6.07 Å². The zero-order chi connectivity index (χ0) is 19.3. The van der Waals surface area contributed by atoms with Crippen molar-refractivity contribution >= 4 is 11.6 Å². The molecular formula is C20H22F3NO2. The summed E-state index contributed by atoms with van der Waals surface area (Å²) in [6.45, 7) is 5.23. The molecule has 2 aromatic carbocycles. The Balaban J connectivity index is 2.30. The topological polar surface area (TPSA) is 38.3 Å². The molecule has 6 heteroatoms. The average Bonchev–Trinajstić information content (AvgIpc) is 2.59. The van der Waals surface area contributed by atoms with Gasteiger partial charge in [0.15, 0.2) is 0 Å². The lowest BCUT2D eigenvalue weighted by molar-refractivity contribution is -0.139. The number of para-hydroxylation sites is 1. The smallest absolute Gasteiger partial charge is 0.419 e. The molecule has 2 rings (SSSR count). The largest absolute Gasteiger partial charge is 0.488 e. The molecule has 140 valence electrons. The molecule has 2 aromatic rings. The number of carbonyl (C=O) groups excluding carboxylic acids is 1. The number of aryl methyl sites for hydroxylation is 2. The number of hydrogen-bond acceptors (Lipinski definition) is 2. The van der Waals surface area contributed by atoms with Gasteiger partial charge in [0.1, 0.15) is 12.4 Å². The maximum absolute atomic E-state index is 13.4. The van der Waals surface area contributed by atoms with Crippen LogP contribution < -0.4 is 10.1 Å². The van der Waals surface area contributed by atoms with Gasteiger partial charge in [0, 0.05) is 17.7 Å². The minimum Gasteiger partial charge on any atom is -0.488 e. The summed E-state index contributed by atoms with van der Waals surface area (Å²) in [7, 11) is 0. The van der Waals surface area contributed by atoms with Crippen molar-refractivity contribution in [2.24, 2.45) is 0 Å². The van der Waals surface area contributed by atoms with Crippen molar-refractivity contribution in [3.63, 3.8) is 0 Å². The molecular weight excluding hydrogens is 343 g/mol. The Hall–Kier alpha value is -2.50. The van der Waals surface area contributed by atoms with E-state index in [0.717, 1.165) is 11.6 Å². The molecule has 0 aliphatic carbocycles. The van der Waals surface area contributed by atoms with E-state index in [9.17, 15) is 18.0 Å². The summed E-state index contributed by atoms with van der Waals surface area (Å²) in [5.41, 5.74) is 1.76. The standard InChI is InChI=1S/C20H22F3NO2/c1-4-14-11-16(20(21,22)23)18(10-13(14)3)26-12-15-8-6-7-9-17(15)24-19(25)5-2/h6-11H,4-5,12H2,1-3H3,(H,24,25). The summed E-state index contributed by atoms with van der Waals surface area (Å²) >= 11 is 0. The van der Waals surface area contributed by atoms with Crippen molar-refractivity contribution in [2.75, 3.05) is 5.32 Å². The molecule has 0 spiro atoms. The van der Waals surface area contributed by atoms with Crippen molar-refractivity contribution in [1.82, 2.24) is 0 Å². The lowest BCUT2D eigenvalue weighted by Gasteiger charge is -2.18. The third-order valence-corrected chi connectivity index (χ3v) is 4.12. The Kier molecular flexibility index (Phi) is 6.29. The van der Waals surface area contributed by atoms with Gasteiger partial charge in [0.05, 0.1) is 5.56 Å². The predicted molar refractivity (Wildman–Crippen MR) is 95.3 cm³/mol. The molecule has 0 saturated carbocycles. The zero-order valence-corrected chi connectivity index (χ0v) is 15.0. The SMILES string of the molecule is CCC(=O)Nc1ccccc1COc1cc(C)c(CC)cc1C(F)(F)F. The van der Waals surface area contributed by atoms with Crippen LogP contribution >= 0.6 is 0 Å². The van der Waals surface area contributed by atoms with E-state index in [-0.39, 0.29) is 18.3 Å². The maximum atomic E-state index is 13.4. The van der Waals surface area contributed by atoms with Crippen LogP contribution in [0, 0.1) is 6.92 Å². The van der Waals surface area contributed by atoms with Gasteiger partial charge in [0.2, 0.25) is 5.91 Å². The highest BCUT2D eigenvalue weighted by molar-refractivity contribution is 5.91. The van der Waals surface area contributed by atoms with Crippen LogP contribution in [0.15, 0.2) is 36.4 Å². The first-order valence-electron chi connectivity index (χ1n) is 8.47. The fraction of sp³-hybridized carbons (Fsp3) is 0.350. The van der Waals surface area contributed by atoms with Crippen LogP contribution in [0.25, 0.3) is 0 Å². The summed E-state index contributed by atoms with van der Waals surface area (Å²) < 4.78 is 45.7. The molecule has 0 fully saturated rings. The van der Waals surface area contributed by atoms with E-state index in [1.807, 2.05) is 6.92 Å². The van der Waals surface area contributed by atoms with Gasteiger partial charge in [-0.2, -0.15) is 13.2 Å². The van der Waals surface area contributed by atoms with Crippen molar-refractivity contribution in [3.05, 3.63) is 58.7 Å². The number of anilines is 1. The van der Waals surface area contributed by atoms with E-state index in [0.29, 0.717) is 29.7 Å². The van der Waals surface area contributed by atoms with Crippen molar-refractivity contribution < 1.29 is 22.7 Å². The van der Waals surface area contributed by atoms with Gasteiger partial charge >= 0.3 is 6.18 Å². The van der Waals surface area contributed by atoms with E-state index in [4.69, 9.17) is 4.74 Å². The van der Waals surface area contributed by atoms with Gasteiger partial charge in [-0.1, -0.05) is 32.0 Å². The minimum atomic E-state index is -4.50. The van der Waals surface area contributed by atoms with Crippen LogP contribution in [0.3, 0.4) is 0 Å². The summed E-state index contributed by atoms with van der Waals surface area (Å²) in [5, 5.41) is 2.73. The third-order valence-electron chi connectivity index (χ3n) is 4.12. The highest BCUT2D eigenvalue weighted by atomic mass is 19.4. The first kappa shape index (κ1) is 19.8. The lowest BCUT2D eigenvalue weighted by Crippen LogP contribution is -2.13. The molecule has 1 amide bonds. The van der Waals surface area contributed by atoms with Gasteiger partial charge in [-0.05, 0) is 42.7 Å². The lowest BCUT2D eigenvalue weighted by atomic mass is 10.0. The number of rotatable bonds is 6. The van der Waals surface area contributed by atoms with Crippen LogP contribution in [0.4, 0.5) is 18.9 Å². The van der Waals surface area contributed by atoms with Crippen LogP contribution in [0.1, 0.15) is 42.5 Å². The number of halogens is 3. The van der Waals surface area contributed by atoms with E-state index in [1.54, 1.807) is 38.1 Å². The minimum absolute atomic E-state index is 0.0752. The van der Waals surface area contributed by atoms with Crippen molar-refractivity contribution in [3.8, 4) is 5.75 Å². The average molecular weight is 365 g/mol. The van der Waals surface area contributed by atoms with Crippen molar-refractivity contribution in [2.45, 2.75) is 46.4 Å². The van der Waals surface area contributed by atoms with Crippen molar-refractivity contribution in [1.29, 1.82) is 0 Å². The van der Waals surface area contributed by atoms with Gasteiger partial charge in [-0.3, -0.25) is 4.79 Å². The van der Waals surface area contributed by atoms with E-state index in [2.05, 4.69) is 5.32 Å². The van der Waals surface area contributed by atoms with Crippen LogP contribution in [0.2, 0.25) is 0 Å². The molecule has 1 N–H and O–H groups in total. The highest BCUT2D eigenvalue weighted by Crippen LogP contribution is 2.38. The summed E-state index contributed by atoms with van der Waals surface area (Å²) in [6, 6.07) is 9.48. The Morgan fingerprint density at radius 3 is 2.42 bits per heavy atom. The number of carbonyl (C=O) groups is 1. The summed E-state index contributed by atoms with van der Waals surface area (Å²) in [6.07, 6.45) is -3.67. The molecule has 0 aliphatic heterocycles. The molecule has 0 saturated heterocycles. The Morgan fingerprint density at radius 2 is 1.81 bits per heavy atom. The number of alkyl halides is 3. The second-order valence-electron chi connectivity index (χ2n) is 5.97. The van der Waals surface area contributed by atoms with Crippen LogP contribution in [0.5, 0.6) is 5.75 Å². The van der Waals surface area contributed by atoms with Crippen LogP contribution in [-0.2, 0) is 24.0 Å². The Bertz CT molecular complexity index is 785. The van der Waals surface area contributed by atoms with E-state index < -0.39 is 11.7 Å². The van der Waals surface area contributed by atoms with Gasteiger partial charge < -0.3 is 10.1 Å². The zero-order valence-electron chi connectivity index (χ0n) is 15.0. The van der Waals surface area contributed by atoms with E-state index >= 15 is 0 Å². The number of nitrogens with one attached hydrogen (secondary N) is 1. The Morgan fingerprint density at radius 1 is 1.12 bits per heavy atom. The molecule has 0 bridgehead atoms. The fourth-order valence-corrected chi connectivity index (χ4v) is 2.61. The molecule has 0 radical (unpaired) electrons. The first-order chi connectivity index (χ1) is 12.3. The number of ether oxygens (including phenoxy) is 1. The second kappa shape index (κ2) is 8.25. The maximum Gasteiger partial charge on any atom is 0.419 e. The number of amides is 1. The predicted octanol–water partition coefficient (Wildman–Crippen LogP) is 5.50. The van der Waals surface area contributed by atoms with Gasteiger partial charge in [-0.25, -0.2) is 0 Å². The molecule has 0 heterocycles. The summed E-state index contributed by atoms with van der Waals surface area (Å²) in [5.74, 6) is -0.375. The third kappa shape index (κ3) is 4.77. The first-order valence-corrected chi connectivity index (χ1v) is 8.47. The molecule has 0 aliphatic rings. The van der Waals surface area contributed by atoms with Gasteiger partial charge in [-0.15, -0.1) is 0 Å². The Labute approximate surface area is 151 Å². The van der Waals surface area contributed by atoms with Gasteiger partial charge in [0.25, 0.3) is 0 Å². The quantitative estimate of drug-likeness (QED) is 0.734. The second-order valence-corrected chi connectivity index (χ2v) is 5.97. The molecule has 0 aromatic heterocycles. The monoisotopic (exact) mass is 365 g/mol. The highest BCUT2D eigenvalue weighted by Gasteiger charge is 2.35. The molecule has 26 heavy (non-hydrogen) atoms. The summed E-state index contributed by atoms with van der Waals surface area (Å²) in [4.78, 5) is 11.6. The molecule has 0 unspecified atom stereocenters. The van der Waals surface area contributed by atoms with Crippen LogP contribution in [-0.4, -0.2) is 5.91 Å². The molecule has 0 atom stereocenters. The normalized spacial score (nSPS) is 11.3. The molecule has 3 nitrogen and oxygen atoms in total. The number of hydrogen-bond donors (Lipinski definition) is 1. The fourth-order valence-electron chi connectivity index (χ4n) is 2.61.